The number of hydrogen-bond donors (Lipinski definition) is 1. The summed E-state index contributed by atoms with van der Waals surface area (Å²) in [5.41, 5.74) is 0.257. The zero-order valence-corrected chi connectivity index (χ0v) is 11.1. The fraction of sp³-hybridized carbons (Fsp3) is 0.917. The van der Waals surface area contributed by atoms with Gasteiger partial charge in [0.2, 0.25) is 5.91 Å². The average molecular weight is 232 g/mol. The van der Waals surface area contributed by atoms with Crippen LogP contribution >= 0.6 is 11.6 Å². The van der Waals surface area contributed by atoms with E-state index in [1.54, 1.807) is 0 Å². The van der Waals surface area contributed by atoms with Gasteiger partial charge in [0.1, 0.15) is 0 Å². The number of nitrogens with one attached hydrogen (secondary N) is 1. The lowest BCUT2D eigenvalue weighted by atomic mass is 10.0. The summed E-state index contributed by atoms with van der Waals surface area (Å²) in [4.78, 5) is 11.9. The van der Waals surface area contributed by atoms with Crippen molar-refractivity contribution in [2.75, 3.05) is 6.54 Å². The molecule has 1 rings (SSSR count). The highest BCUT2D eigenvalue weighted by Crippen LogP contribution is 2.68. The van der Waals surface area contributed by atoms with Gasteiger partial charge in [0.05, 0.1) is 0 Å². The molecule has 2 nitrogen and oxygen atoms in total. The van der Waals surface area contributed by atoms with Crippen LogP contribution in [-0.4, -0.2) is 17.8 Å². The molecule has 0 saturated heterocycles. The predicted octanol–water partition coefficient (Wildman–Crippen LogP) is 2.80. The van der Waals surface area contributed by atoms with Gasteiger partial charge in [0.15, 0.2) is 0 Å². The fourth-order valence-corrected chi connectivity index (χ4v) is 2.46. The van der Waals surface area contributed by atoms with Crippen molar-refractivity contribution < 1.29 is 4.79 Å². The lowest BCUT2D eigenvalue weighted by molar-refractivity contribution is -0.123. The molecule has 0 heterocycles. The first-order valence-corrected chi connectivity index (χ1v) is 6.06. The van der Waals surface area contributed by atoms with E-state index in [4.69, 9.17) is 11.6 Å². The zero-order chi connectivity index (χ0) is 11.9. The highest BCUT2D eigenvalue weighted by atomic mass is 35.5. The first-order valence-electron chi connectivity index (χ1n) is 5.63. The molecule has 0 radical (unpaired) electrons. The monoisotopic (exact) mass is 231 g/mol. The van der Waals surface area contributed by atoms with Crippen LogP contribution in [0.1, 0.15) is 41.0 Å². The summed E-state index contributed by atoms with van der Waals surface area (Å²) in [6.45, 7) is 11.2. The second-order valence-corrected chi connectivity index (χ2v) is 6.48. The molecule has 88 valence electrons. The quantitative estimate of drug-likeness (QED) is 0.741. The van der Waals surface area contributed by atoms with Crippen LogP contribution < -0.4 is 5.32 Å². The molecular weight excluding hydrogens is 210 g/mol. The summed E-state index contributed by atoms with van der Waals surface area (Å²) < 4.78 is 0. The van der Waals surface area contributed by atoms with Crippen LogP contribution in [-0.2, 0) is 4.79 Å². The van der Waals surface area contributed by atoms with Gasteiger partial charge < -0.3 is 5.32 Å². The Kier molecular flexibility index (Phi) is 3.39. The Labute approximate surface area is 97.8 Å². The second kappa shape index (κ2) is 3.97. The molecule has 1 amide bonds. The molecule has 15 heavy (non-hydrogen) atoms. The standard InChI is InChI=1S/C12H22ClNO/c1-8(13)6-7-14-10(15)9-11(2,3)12(9,4)5/h8-9H,6-7H2,1-5H3,(H,14,15). The smallest absolute Gasteiger partial charge is 0.224 e. The van der Waals surface area contributed by atoms with Crippen molar-refractivity contribution >= 4 is 17.5 Å². The molecule has 0 bridgehead atoms. The van der Waals surface area contributed by atoms with Gasteiger partial charge in [-0.15, -0.1) is 11.6 Å². The minimum absolute atomic E-state index is 0.129. The molecule has 1 saturated carbocycles. The van der Waals surface area contributed by atoms with Crippen LogP contribution in [0.5, 0.6) is 0 Å². The maximum atomic E-state index is 11.9. The van der Waals surface area contributed by atoms with E-state index >= 15 is 0 Å². The molecule has 0 aromatic heterocycles. The Balaban J connectivity index is 2.38. The zero-order valence-electron chi connectivity index (χ0n) is 10.4. The molecule has 1 fully saturated rings. The number of carbonyl (C=O) groups excluding carboxylic acids is 1. The molecule has 1 N–H and O–H groups in total. The minimum atomic E-state index is 0.129. The minimum Gasteiger partial charge on any atom is -0.356 e. The number of rotatable bonds is 4. The van der Waals surface area contributed by atoms with Crippen molar-refractivity contribution in [1.29, 1.82) is 0 Å². The molecule has 0 spiro atoms. The predicted molar refractivity (Wildman–Crippen MR) is 64.0 cm³/mol. The number of alkyl halides is 1. The highest BCUT2D eigenvalue weighted by Gasteiger charge is 2.68. The molecule has 1 aliphatic carbocycles. The van der Waals surface area contributed by atoms with E-state index in [9.17, 15) is 4.79 Å². The van der Waals surface area contributed by atoms with Crippen LogP contribution in [0.15, 0.2) is 0 Å². The maximum Gasteiger partial charge on any atom is 0.224 e. The maximum absolute atomic E-state index is 11.9. The SMILES string of the molecule is CC(Cl)CCNC(=O)C1C(C)(C)C1(C)C. The molecule has 1 aliphatic rings. The first-order chi connectivity index (χ1) is 6.71. The summed E-state index contributed by atoms with van der Waals surface area (Å²) in [7, 11) is 0. The molecular formula is C12H22ClNO. The largest absolute Gasteiger partial charge is 0.356 e. The van der Waals surface area contributed by atoms with Crippen LogP contribution in [0.2, 0.25) is 0 Å². The van der Waals surface area contributed by atoms with Gasteiger partial charge in [-0.25, -0.2) is 0 Å². The molecule has 1 unspecified atom stereocenters. The van der Waals surface area contributed by atoms with Crippen molar-refractivity contribution in [3.63, 3.8) is 0 Å². The van der Waals surface area contributed by atoms with Gasteiger partial charge in [0, 0.05) is 17.8 Å². The van der Waals surface area contributed by atoms with E-state index in [2.05, 4.69) is 33.0 Å². The van der Waals surface area contributed by atoms with E-state index < -0.39 is 0 Å². The van der Waals surface area contributed by atoms with Gasteiger partial charge in [-0.2, -0.15) is 0 Å². The summed E-state index contributed by atoms with van der Waals surface area (Å²) in [5, 5.41) is 3.09. The van der Waals surface area contributed by atoms with Crippen molar-refractivity contribution in [3.05, 3.63) is 0 Å². The van der Waals surface area contributed by atoms with E-state index in [1.807, 2.05) is 6.92 Å². The average Bonchev–Trinajstić information content (AvgIpc) is 2.41. The summed E-state index contributed by atoms with van der Waals surface area (Å²) >= 11 is 5.82. The van der Waals surface area contributed by atoms with Crippen LogP contribution in [0, 0.1) is 16.7 Å². The third-order valence-electron chi connectivity index (χ3n) is 4.12. The van der Waals surface area contributed by atoms with Gasteiger partial charge in [-0.1, -0.05) is 27.7 Å². The number of amides is 1. The Morgan fingerprint density at radius 1 is 1.33 bits per heavy atom. The lowest BCUT2D eigenvalue weighted by Crippen LogP contribution is -2.29. The summed E-state index contributed by atoms with van der Waals surface area (Å²) in [5.74, 6) is 0.331. The normalized spacial score (nSPS) is 24.7. The fourth-order valence-electron chi connectivity index (χ4n) is 2.35. The van der Waals surface area contributed by atoms with E-state index in [0.717, 1.165) is 6.42 Å². The number of hydrogen-bond acceptors (Lipinski definition) is 1. The van der Waals surface area contributed by atoms with Crippen LogP contribution in [0.3, 0.4) is 0 Å². The van der Waals surface area contributed by atoms with Crippen LogP contribution in [0.25, 0.3) is 0 Å². The molecule has 3 heteroatoms. The third-order valence-corrected chi connectivity index (χ3v) is 4.34. The molecule has 0 aliphatic heterocycles. The number of carbonyl (C=O) groups is 1. The van der Waals surface area contributed by atoms with Gasteiger partial charge in [-0.05, 0) is 24.2 Å². The van der Waals surface area contributed by atoms with Crippen molar-refractivity contribution in [2.45, 2.75) is 46.4 Å². The van der Waals surface area contributed by atoms with Crippen molar-refractivity contribution in [1.82, 2.24) is 5.32 Å². The second-order valence-electron chi connectivity index (χ2n) is 5.74. The topological polar surface area (TPSA) is 29.1 Å². The van der Waals surface area contributed by atoms with Crippen molar-refractivity contribution in [3.8, 4) is 0 Å². The van der Waals surface area contributed by atoms with Gasteiger partial charge in [0.25, 0.3) is 0 Å². The Morgan fingerprint density at radius 2 is 1.80 bits per heavy atom. The molecule has 0 aromatic carbocycles. The Morgan fingerprint density at radius 3 is 2.13 bits per heavy atom. The molecule has 0 aromatic rings. The Hall–Kier alpha value is -0.240. The highest BCUT2D eigenvalue weighted by molar-refractivity contribution is 6.20. The van der Waals surface area contributed by atoms with Crippen molar-refractivity contribution in [2.24, 2.45) is 16.7 Å². The van der Waals surface area contributed by atoms with E-state index in [-0.39, 0.29) is 28.0 Å². The third kappa shape index (κ3) is 2.30. The van der Waals surface area contributed by atoms with Gasteiger partial charge >= 0.3 is 0 Å². The van der Waals surface area contributed by atoms with Gasteiger partial charge in [-0.3, -0.25) is 4.79 Å². The first kappa shape index (κ1) is 12.8. The van der Waals surface area contributed by atoms with E-state index in [1.165, 1.54) is 0 Å². The molecule has 1 atom stereocenters. The lowest BCUT2D eigenvalue weighted by Gasteiger charge is -2.07. The summed E-state index contributed by atoms with van der Waals surface area (Å²) in [6, 6.07) is 0. The number of halogens is 1. The Bertz CT molecular complexity index is 244. The summed E-state index contributed by atoms with van der Waals surface area (Å²) in [6.07, 6.45) is 0.834. The van der Waals surface area contributed by atoms with Crippen LogP contribution in [0.4, 0.5) is 0 Å². The van der Waals surface area contributed by atoms with E-state index in [0.29, 0.717) is 6.54 Å².